The summed E-state index contributed by atoms with van der Waals surface area (Å²) in [6.45, 7) is 3.19. The van der Waals surface area contributed by atoms with Crippen molar-refractivity contribution in [2.24, 2.45) is 0 Å². The Bertz CT molecular complexity index is 756. The van der Waals surface area contributed by atoms with Crippen LogP contribution in [0.2, 0.25) is 5.02 Å². The maximum Gasteiger partial charge on any atom is 0.267 e. The normalized spacial score (nSPS) is 18.3. The fourth-order valence-corrected chi connectivity index (χ4v) is 3.04. The Balaban J connectivity index is 2.04. The first-order valence-corrected chi connectivity index (χ1v) is 8.49. The molecule has 1 aromatic carbocycles. The van der Waals surface area contributed by atoms with Crippen LogP contribution in [0.1, 0.15) is 36.6 Å². The van der Waals surface area contributed by atoms with Gasteiger partial charge in [0.15, 0.2) is 0 Å². The van der Waals surface area contributed by atoms with Crippen molar-refractivity contribution in [2.45, 2.75) is 32.2 Å². The minimum absolute atomic E-state index is 0.216. The molecule has 1 saturated heterocycles. The molecule has 0 saturated carbocycles. The zero-order valence-corrected chi connectivity index (χ0v) is 14.0. The van der Waals surface area contributed by atoms with Crippen molar-refractivity contribution >= 4 is 17.2 Å². The van der Waals surface area contributed by atoms with Gasteiger partial charge < -0.3 is 10.3 Å². The van der Waals surface area contributed by atoms with Gasteiger partial charge in [0.1, 0.15) is 5.02 Å². The molecule has 1 aromatic heterocycles. The van der Waals surface area contributed by atoms with Gasteiger partial charge in [-0.15, -0.1) is 0 Å². The van der Waals surface area contributed by atoms with Crippen LogP contribution in [0.25, 0.3) is 5.57 Å². The van der Waals surface area contributed by atoms with Gasteiger partial charge in [0.25, 0.3) is 5.56 Å². The van der Waals surface area contributed by atoms with Crippen LogP contribution < -0.4 is 10.9 Å². The molecule has 0 unspecified atom stereocenters. The van der Waals surface area contributed by atoms with E-state index in [0.29, 0.717) is 6.04 Å². The van der Waals surface area contributed by atoms with E-state index in [0.717, 1.165) is 36.2 Å². The largest absolute Gasteiger partial charge is 0.321 e. The standard InChI is InChI=1S/C19H21ClN2O/c1-2-13-5-7-14(8-6-13)16(12-15-4-3-11-21-15)18-10-9-17(20)19(23)22-18/h5-10,12,15,21H,2-4,11H2,1H3,(H,22,23)/b16-12-/t15-/m1/s1. The Morgan fingerprint density at radius 2 is 2.04 bits per heavy atom. The van der Waals surface area contributed by atoms with E-state index in [1.165, 1.54) is 12.0 Å². The Labute approximate surface area is 141 Å². The first-order chi connectivity index (χ1) is 11.2. The molecule has 1 aliphatic heterocycles. The van der Waals surface area contributed by atoms with Gasteiger partial charge in [-0.05, 0) is 49.1 Å². The third-order valence-corrected chi connectivity index (χ3v) is 4.59. The molecule has 4 heteroatoms. The average Bonchev–Trinajstić information content (AvgIpc) is 3.09. The van der Waals surface area contributed by atoms with E-state index in [-0.39, 0.29) is 10.6 Å². The van der Waals surface area contributed by atoms with Gasteiger partial charge in [-0.1, -0.05) is 48.9 Å². The van der Waals surface area contributed by atoms with Gasteiger partial charge >= 0.3 is 0 Å². The summed E-state index contributed by atoms with van der Waals surface area (Å²) < 4.78 is 0. The Morgan fingerprint density at radius 1 is 1.26 bits per heavy atom. The fraction of sp³-hybridized carbons (Fsp3) is 0.316. The van der Waals surface area contributed by atoms with Crippen molar-refractivity contribution in [3.8, 4) is 0 Å². The summed E-state index contributed by atoms with van der Waals surface area (Å²) >= 11 is 5.87. The smallest absolute Gasteiger partial charge is 0.267 e. The summed E-state index contributed by atoms with van der Waals surface area (Å²) in [6.07, 6.45) is 5.53. The monoisotopic (exact) mass is 328 g/mol. The van der Waals surface area contributed by atoms with Gasteiger partial charge in [0.2, 0.25) is 0 Å². The topological polar surface area (TPSA) is 44.9 Å². The molecule has 0 amide bonds. The van der Waals surface area contributed by atoms with Crippen LogP contribution >= 0.6 is 11.6 Å². The lowest BCUT2D eigenvalue weighted by atomic mass is 9.97. The molecule has 23 heavy (non-hydrogen) atoms. The Morgan fingerprint density at radius 3 is 2.65 bits per heavy atom. The maximum absolute atomic E-state index is 11.9. The third-order valence-electron chi connectivity index (χ3n) is 4.29. The number of hydrogen-bond acceptors (Lipinski definition) is 2. The molecule has 3 rings (SSSR count). The van der Waals surface area contributed by atoms with Crippen molar-refractivity contribution in [2.75, 3.05) is 6.54 Å². The number of rotatable bonds is 4. The summed E-state index contributed by atoms with van der Waals surface area (Å²) in [7, 11) is 0. The van der Waals surface area contributed by atoms with Gasteiger partial charge in [0, 0.05) is 17.3 Å². The summed E-state index contributed by atoms with van der Waals surface area (Å²) in [6, 6.07) is 12.4. The van der Waals surface area contributed by atoms with E-state index in [4.69, 9.17) is 11.6 Å². The van der Waals surface area contributed by atoms with Crippen molar-refractivity contribution in [1.82, 2.24) is 10.3 Å². The van der Waals surface area contributed by atoms with E-state index in [9.17, 15) is 4.79 Å². The molecule has 2 heterocycles. The van der Waals surface area contributed by atoms with Crippen LogP contribution in [0.15, 0.2) is 47.3 Å². The quantitative estimate of drug-likeness (QED) is 0.897. The van der Waals surface area contributed by atoms with Crippen LogP contribution in [0.3, 0.4) is 0 Å². The lowest BCUT2D eigenvalue weighted by Crippen LogP contribution is -2.19. The lowest BCUT2D eigenvalue weighted by molar-refractivity contribution is 0.728. The zero-order valence-electron chi connectivity index (χ0n) is 13.2. The third kappa shape index (κ3) is 3.74. The molecule has 2 aromatic rings. The van der Waals surface area contributed by atoms with Crippen molar-refractivity contribution in [3.05, 3.63) is 74.7 Å². The summed E-state index contributed by atoms with van der Waals surface area (Å²) in [5.74, 6) is 0. The number of pyridine rings is 1. The highest BCUT2D eigenvalue weighted by Gasteiger charge is 2.15. The highest BCUT2D eigenvalue weighted by molar-refractivity contribution is 6.30. The number of halogens is 1. The van der Waals surface area contributed by atoms with Crippen LogP contribution in [0, 0.1) is 0 Å². The molecule has 0 bridgehead atoms. The van der Waals surface area contributed by atoms with E-state index < -0.39 is 0 Å². The molecular weight excluding hydrogens is 308 g/mol. The van der Waals surface area contributed by atoms with Crippen molar-refractivity contribution in [1.29, 1.82) is 0 Å². The highest BCUT2D eigenvalue weighted by atomic mass is 35.5. The summed E-state index contributed by atoms with van der Waals surface area (Å²) in [5, 5.41) is 3.70. The van der Waals surface area contributed by atoms with Crippen LogP contribution in [-0.2, 0) is 6.42 Å². The Kier molecular flexibility index (Phi) is 4.99. The first kappa shape index (κ1) is 16.0. The predicted octanol–water partition coefficient (Wildman–Crippen LogP) is 3.77. The number of hydrogen-bond donors (Lipinski definition) is 2. The second-order valence-corrected chi connectivity index (χ2v) is 6.29. The molecule has 0 radical (unpaired) electrons. The molecule has 1 aliphatic rings. The van der Waals surface area contributed by atoms with Crippen LogP contribution in [0.5, 0.6) is 0 Å². The van der Waals surface area contributed by atoms with Gasteiger partial charge in [-0.2, -0.15) is 0 Å². The number of aryl methyl sites for hydroxylation is 1. The average molecular weight is 329 g/mol. The van der Waals surface area contributed by atoms with Gasteiger partial charge in [-0.3, -0.25) is 4.79 Å². The second kappa shape index (κ2) is 7.16. The zero-order chi connectivity index (χ0) is 16.2. The number of aromatic nitrogens is 1. The Hall–Kier alpha value is -1.84. The molecule has 120 valence electrons. The molecule has 0 spiro atoms. The maximum atomic E-state index is 11.9. The molecule has 1 atom stereocenters. The number of nitrogens with one attached hydrogen (secondary N) is 2. The van der Waals surface area contributed by atoms with E-state index in [1.54, 1.807) is 6.07 Å². The minimum Gasteiger partial charge on any atom is -0.321 e. The molecule has 0 aliphatic carbocycles. The molecule has 3 nitrogen and oxygen atoms in total. The van der Waals surface area contributed by atoms with Crippen LogP contribution in [-0.4, -0.2) is 17.6 Å². The highest BCUT2D eigenvalue weighted by Crippen LogP contribution is 2.24. The SMILES string of the molecule is CCc1ccc(/C(=C/[C@H]2CCCN2)c2ccc(Cl)c(=O)[nH]2)cc1. The van der Waals surface area contributed by atoms with Gasteiger partial charge in [0.05, 0.1) is 0 Å². The van der Waals surface area contributed by atoms with Crippen molar-refractivity contribution < 1.29 is 0 Å². The van der Waals surface area contributed by atoms with E-state index in [2.05, 4.69) is 47.6 Å². The van der Waals surface area contributed by atoms with Crippen molar-refractivity contribution in [3.63, 3.8) is 0 Å². The molecule has 1 fully saturated rings. The number of aromatic amines is 1. The predicted molar refractivity (Wildman–Crippen MR) is 96.0 cm³/mol. The van der Waals surface area contributed by atoms with E-state index >= 15 is 0 Å². The lowest BCUT2D eigenvalue weighted by Gasteiger charge is -2.13. The number of benzene rings is 1. The molecular formula is C19H21ClN2O. The van der Waals surface area contributed by atoms with E-state index in [1.807, 2.05) is 6.07 Å². The minimum atomic E-state index is -0.250. The number of H-pyrrole nitrogens is 1. The van der Waals surface area contributed by atoms with Crippen LogP contribution in [0.4, 0.5) is 0 Å². The summed E-state index contributed by atoms with van der Waals surface area (Å²) in [5.41, 5.74) is 4.00. The summed E-state index contributed by atoms with van der Waals surface area (Å²) in [4.78, 5) is 14.8. The van der Waals surface area contributed by atoms with Gasteiger partial charge in [-0.25, -0.2) is 0 Å². The first-order valence-electron chi connectivity index (χ1n) is 8.11. The fourth-order valence-electron chi connectivity index (χ4n) is 2.93. The second-order valence-electron chi connectivity index (χ2n) is 5.88. The molecule has 2 N–H and O–H groups in total.